The lowest BCUT2D eigenvalue weighted by molar-refractivity contribution is -0.155. The van der Waals surface area contributed by atoms with Crippen LogP contribution in [0.2, 0.25) is 18.1 Å². The van der Waals surface area contributed by atoms with Gasteiger partial charge in [0.1, 0.15) is 17.6 Å². The van der Waals surface area contributed by atoms with E-state index in [1.807, 2.05) is 32.0 Å². The van der Waals surface area contributed by atoms with Gasteiger partial charge in [0.15, 0.2) is 14.1 Å². The van der Waals surface area contributed by atoms with E-state index in [1.165, 1.54) is 4.90 Å². The molecule has 1 aromatic rings. The van der Waals surface area contributed by atoms with Crippen LogP contribution in [0.15, 0.2) is 35.2 Å². The van der Waals surface area contributed by atoms with Crippen LogP contribution in [0.4, 0.5) is 0 Å². The number of ether oxygens (including phenoxy) is 3. The van der Waals surface area contributed by atoms with Crippen LogP contribution in [-0.2, 0) is 18.6 Å². The molecule has 0 aromatic heterocycles. The Balaban J connectivity index is 1.83. The van der Waals surface area contributed by atoms with Gasteiger partial charge < -0.3 is 18.6 Å². The summed E-state index contributed by atoms with van der Waals surface area (Å²) in [6, 6.07) is 10.3. The van der Waals surface area contributed by atoms with E-state index in [0.29, 0.717) is 0 Å². The van der Waals surface area contributed by atoms with Crippen molar-refractivity contribution in [3.05, 3.63) is 30.3 Å². The first-order chi connectivity index (χ1) is 12.4. The highest BCUT2D eigenvalue weighted by Crippen LogP contribution is 2.46. The quantitative estimate of drug-likeness (QED) is 0.618. The van der Waals surface area contributed by atoms with Crippen LogP contribution in [0.5, 0.6) is 0 Å². The minimum absolute atomic E-state index is 0.0564. The summed E-state index contributed by atoms with van der Waals surface area (Å²) in [5, 5.41) is 0.132. The minimum atomic E-state index is -1.96. The van der Waals surface area contributed by atoms with Crippen LogP contribution in [0, 0.1) is 0 Å². The van der Waals surface area contributed by atoms with Crippen LogP contribution in [-0.4, -0.2) is 44.0 Å². The molecular formula is C21H34O4SSi. The molecule has 3 rings (SSSR count). The van der Waals surface area contributed by atoms with Gasteiger partial charge in [-0.2, -0.15) is 0 Å². The van der Waals surface area contributed by atoms with Crippen LogP contribution in [0.1, 0.15) is 41.5 Å². The second-order valence-corrected chi connectivity index (χ2v) is 15.5. The van der Waals surface area contributed by atoms with E-state index >= 15 is 0 Å². The molecule has 2 aliphatic heterocycles. The lowest BCUT2D eigenvalue weighted by Gasteiger charge is -2.46. The summed E-state index contributed by atoms with van der Waals surface area (Å²) in [5.41, 5.74) is -0.117. The standard InChI is InChI=1S/C21H34O4SSi/c1-14-16(25-27(7,8)20(2,3)4)17-18(24-21(5,6)23-17)19(22-14)26-15-12-10-9-11-13-15/h9-14,16-19H,1-8H3/t14-,16-,17+,18+,19-/m0/s1. The van der Waals surface area contributed by atoms with Gasteiger partial charge in [0.05, 0.1) is 12.2 Å². The Hall–Kier alpha value is -0.373. The highest BCUT2D eigenvalue weighted by molar-refractivity contribution is 7.99. The summed E-state index contributed by atoms with van der Waals surface area (Å²) in [6.45, 7) is 17.4. The molecule has 0 aliphatic carbocycles. The summed E-state index contributed by atoms with van der Waals surface area (Å²) in [4.78, 5) is 1.17. The van der Waals surface area contributed by atoms with Crippen molar-refractivity contribution >= 4 is 20.1 Å². The molecule has 2 heterocycles. The Morgan fingerprint density at radius 1 is 1.04 bits per heavy atom. The maximum atomic E-state index is 6.76. The third-order valence-electron chi connectivity index (χ3n) is 5.80. The first-order valence-corrected chi connectivity index (χ1v) is 13.6. The van der Waals surface area contributed by atoms with Gasteiger partial charge in [-0.25, -0.2) is 0 Å². The van der Waals surface area contributed by atoms with E-state index in [0.717, 1.165) is 0 Å². The second kappa shape index (κ2) is 7.47. The lowest BCUT2D eigenvalue weighted by atomic mass is 10.0. The maximum Gasteiger partial charge on any atom is 0.192 e. The fourth-order valence-electron chi connectivity index (χ4n) is 3.32. The van der Waals surface area contributed by atoms with Crippen molar-refractivity contribution in [3.8, 4) is 0 Å². The van der Waals surface area contributed by atoms with E-state index in [9.17, 15) is 0 Å². The van der Waals surface area contributed by atoms with Crippen LogP contribution >= 0.6 is 11.8 Å². The summed E-state index contributed by atoms with van der Waals surface area (Å²) < 4.78 is 25.8. The smallest absolute Gasteiger partial charge is 0.192 e. The highest BCUT2D eigenvalue weighted by atomic mass is 32.2. The third-order valence-corrected chi connectivity index (χ3v) is 11.4. The van der Waals surface area contributed by atoms with E-state index in [-0.39, 0.29) is 34.9 Å². The number of hydrogen-bond donors (Lipinski definition) is 0. The molecule has 5 atom stereocenters. The van der Waals surface area contributed by atoms with Gasteiger partial charge in [-0.05, 0) is 51.0 Å². The number of fused-ring (bicyclic) bond motifs is 1. The average Bonchev–Trinajstić information content (AvgIpc) is 2.87. The predicted molar refractivity (Wildman–Crippen MR) is 113 cm³/mol. The molecule has 2 saturated heterocycles. The number of rotatable bonds is 4. The van der Waals surface area contributed by atoms with Crippen molar-refractivity contribution in [2.45, 2.75) is 100 Å². The zero-order valence-corrected chi connectivity index (χ0v) is 19.6. The van der Waals surface area contributed by atoms with Crippen molar-refractivity contribution in [2.24, 2.45) is 0 Å². The van der Waals surface area contributed by atoms with Crippen molar-refractivity contribution < 1.29 is 18.6 Å². The average molecular weight is 411 g/mol. The molecule has 27 heavy (non-hydrogen) atoms. The first kappa shape index (κ1) is 21.3. The minimum Gasteiger partial charge on any atom is -0.409 e. The summed E-state index contributed by atoms with van der Waals surface area (Å²) in [6.07, 6.45) is -0.459. The molecule has 0 saturated carbocycles. The molecule has 2 fully saturated rings. The molecule has 1 aromatic carbocycles. The van der Waals surface area contributed by atoms with E-state index in [1.54, 1.807) is 11.8 Å². The maximum absolute atomic E-state index is 6.76. The zero-order chi connectivity index (χ0) is 20.0. The largest absolute Gasteiger partial charge is 0.409 e. The number of benzene rings is 1. The molecule has 0 unspecified atom stereocenters. The van der Waals surface area contributed by atoms with Crippen LogP contribution in [0.3, 0.4) is 0 Å². The fourth-order valence-corrected chi connectivity index (χ4v) is 5.84. The molecule has 0 N–H and O–H groups in total. The topological polar surface area (TPSA) is 36.9 Å². The van der Waals surface area contributed by atoms with Crippen molar-refractivity contribution in [2.75, 3.05) is 0 Å². The molecule has 0 radical (unpaired) electrons. The summed E-state index contributed by atoms with van der Waals surface area (Å²) >= 11 is 1.70. The van der Waals surface area contributed by atoms with Crippen LogP contribution < -0.4 is 0 Å². The third kappa shape index (κ3) is 4.62. The van der Waals surface area contributed by atoms with Gasteiger partial charge in [-0.15, -0.1) is 0 Å². The number of thioether (sulfide) groups is 1. The summed E-state index contributed by atoms with van der Waals surface area (Å²) in [7, 11) is -1.96. The number of hydrogen-bond acceptors (Lipinski definition) is 5. The van der Waals surface area contributed by atoms with Gasteiger partial charge in [0, 0.05) is 4.90 Å². The predicted octanol–water partition coefficient (Wildman–Crippen LogP) is 5.43. The normalized spacial score (nSPS) is 33.7. The Morgan fingerprint density at radius 2 is 1.63 bits per heavy atom. The molecule has 152 valence electrons. The van der Waals surface area contributed by atoms with Crippen molar-refractivity contribution in [3.63, 3.8) is 0 Å². The molecule has 0 bridgehead atoms. The second-order valence-electron chi connectivity index (χ2n) is 9.55. The van der Waals surface area contributed by atoms with Gasteiger partial charge >= 0.3 is 0 Å². The molecule has 0 amide bonds. The zero-order valence-electron chi connectivity index (χ0n) is 17.8. The van der Waals surface area contributed by atoms with E-state index < -0.39 is 14.1 Å². The van der Waals surface area contributed by atoms with Crippen molar-refractivity contribution in [1.29, 1.82) is 0 Å². The molecule has 2 aliphatic rings. The van der Waals surface area contributed by atoms with E-state index in [4.69, 9.17) is 18.6 Å². The highest BCUT2D eigenvalue weighted by Gasteiger charge is 2.56. The van der Waals surface area contributed by atoms with Crippen molar-refractivity contribution in [1.82, 2.24) is 0 Å². The van der Waals surface area contributed by atoms with E-state index in [2.05, 4.69) is 52.9 Å². The Labute approximate surface area is 169 Å². The van der Waals surface area contributed by atoms with Crippen LogP contribution in [0.25, 0.3) is 0 Å². The Kier molecular flexibility index (Phi) is 5.90. The fraction of sp³-hybridized carbons (Fsp3) is 0.714. The lowest BCUT2D eigenvalue weighted by Crippen LogP contribution is -2.59. The van der Waals surface area contributed by atoms with Gasteiger partial charge in [0.2, 0.25) is 0 Å². The van der Waals surface area contributed by atoms with Gasteiger partial charge in [-0.3, -0.25) is 0 Å². The molecule has 6 heteroatoms. The Bertz CT molecular complexity index is 643. The first-order valence-electron chi connectivity index (χ1n) is 9.80. The molecule has 0 spiro atoms. The molecular weight excluding hydrogens is 376 g/mol. The SMILES string of the molecule is C[C@@H]1O[C@@H](Sc2ccccc2)[C@@H]2OC(C)(C)O[C@@H]2[C@H]1O[Si](C)(C)C(C)(C)C. The Morgan fingerprint density at radius 3 is 2.22 bits per heavy atom. The van der Waals surface area contributed by atoms with Gasteiger partial charge in [0.25, 0.3) is 0 Å². The monoisotopic (exact) mass is 410 g/mol. The van der Waals surface area contributed by atoms with Gasteiger partial charge in [-0.1, -0.05) is 50.7 Å². The molecule has 4 nitrogen and oxygen atoms in total. The summed E-state index contributed by atoms with van der Waals surface area (Å²) in [5.74, 6) is -0.632.